The predicted molar refractivity (Wildman–Crippen MR) is 114 cm³/mol. The molecule has 0 atom stereocenters. The summed E-state index contributed by atoms with van der Waals surface area (Å²) in [5.74, 6) is 0.457. The standard InChI is InChI=1S/C21H23ClN6/c1-14-7-8-23-19-10-20(22)24-12-17(19)21(16-11-25-28(2)13-16)27-26-18(9-14)15-5-3-4-6-15/h7-13,15,23H,3-6H2,1-2H3/b8-7+,14-9-,26-18+,27-21-. The summed E-state index contributed by atoms with van der Waals surface area (Å²) >= 11 is 6.14. The van der Waals surface area contributed by atoms with Crippen LogP contribution in [-0.2, 0) is 7.05 Å². The van der Waals surface area contributed by atoms with E-state index in [2.05, 4.69) is 28.4 Å². The van der Waals surface area contributed by atoms with Crippen molar-refractivity contribution in [2.24, 2.45) is 23.2 Å². The number of anilines is 1. The largest absolute Gasteiger partial charge is 0.361 e. The van der Waals surface area contributed by atoms with Gasteiger partial charge in [-0.1, -0.05) is 24.4 Å². The molecule has 3 heterocycles. The van der Waals surface area contributed by atoms with Crippen molar-refractivity contribution in [2.45, 2.75) is 32.6 Å². The number of aromatic nitrogens is 3. The molecule has 4 rings (SSSR count). The van der Waals surface area contributed by atoms with Gasteiger partial charge in [-0.3, -0.25) is 4.68 Å². The SMILES string of the molecule is CC1=C/C(C2CCCC2)=N\N=C(\c2cnn(C)c2)c2cnc(Cl)cc2N\C=C\1. The van der Waals surface area contributed by atoms with Gasteiger partial charge in [0.15, 0.2) is 0 Å². The van der Waals surface area contributed by atoms with Crippen molar-refractivity contribution < 1.29 is 0 Å². The van der Waals surface area contributed by atoms with Gasteiger partial charge in [0.1, 0.15) is 10.9 Å². The molecule has 0 spiro atoms. The second kappa shape index (κ2) is 8.10. The van der Waals surface area contributed by atoms with Crippen LogP contribution in [0.25, 0.3) is 0 Å². The molecule has 144 valence electrons. The highest BCUT2D eigenvalue weighted by atomic mass is 35.5. The molecule has 0 amide bonds. The maximum atomic E-state index is 6.14. The third kappa shape index (κ3) is 4.07. The van der Waals surface area contributed by atoms with Crippen molar-refractivity contribution in [3.63, 3.8) is 0 Å². The van der Waals surface area contributed by atoms with Gasteiger partial charge in [0.2, 0.25) is 0 Å². The number of nitrogens with one attached hydrogen (secondary N) is 1. The maximum Gasteiger partial charge on any atom is 0.131 e. The summed E-state index contributed by atoms with van der Waals surface area (Å²) in [4.78, 5) is 4.27. The molecule has 0 radical (unpaired) electrons. The first-order valence-corrected chi connectivity index (χ1v) is 9.90. The second-order valence-electron chi connectivity index (χ2n) is 7.28. The fourth-order valence-electron chi connectivity index (χ4n) is 3.65. The number of rotatable bonds is 2. The lowest BCUT2D eigenvalue weighted by Crippen LogP contribution is -2.10. The van der Waals surface area contributed by atoms with Crippen LogP contribution in [-0.4, -0.2) is 26.2 Å². The van der Waals surface area contributed by atoms with Crippen LogP contribution in [0.1, 0.15) is 43.7 Å². The quantitative estimate of drug-likeness (QED) is 0.748. The fourth-order valence-corrected chi connectivity index (χ4v) is 3.81. The monoisotopic (exact) mass is 394 g/mol. The zero-order chi connectivity index (χ0) is 19.5. The van der Waals surface area contributed by atoms with Gasteiger partial charge in [0, 0.05) is 42.7 Å². The van der Waals surface area contributed by atoms with Gasteiger partial charge < -0.3 is 5.32 Å². The summed E-state index contributed by atoms with van der Waals surface area (Å²) in [7, 11) is 1.89. The van der Waals surface area contributed by atoms with Gasteiger partial charge in [0.05, 0.1) is 17.6 Å². The van der Waals surface area contributed by atoms with E-state index in [1.54, 1.807) is 23.1 Å². The van der Waals surface area contributed by atoms with Crippen LogP contribution in [0.3, 0.4) is 0 Å². The van der Waals surface area contributed by atoms with E-state index in [4.69, 9.17) is 21.8 Å². The van der Waals surface area contributed by atoms with Crippen LogP contribution in [0.4, 0.5) is 5.69 Å². The highest BCUT2D eigenvalue weighted by Crippen LogP contribution is 2.28. The van der Waals surface area contributed by atoms with Gasteiger partial charge in [-0.15, -0.1) is 5.10 Å². The summed E-state index contributed by atoms with van der Waals surface area (Å²) in [5, 5.41) is 17.5. The van der Waals surface area contributed by atoms with E-state index < -0.39 is 0 Å². The number of halogens is 1. The fraction of sp³-hybridized carbons (Fsp3) is 0.333. The Morgan fingerprint density at radius 1 is 1.18 bits per heavy atom. The molecule has 2 aromatic rings. The minimum Gasteiger partial charge on any atom is -0.361 e. The smallest absolute Gasteiger partial charge is 0.131 e. The van der Waals surface area contributed by atoms with Crippen LogP contribution >= 0.6 is 11.6 Å². The number of nitrogens with zero attached hydrogens (tertiary/aromatic N) is 5. The Hall–Kier alpha value is -2.73. The van der Waals surface area contributed by atoms with Crippen molar-refractivity contribution in [2.75, 3.05) is 5.32 Å². The number of aryl methyl sites for hydroxylation is 1. The predicted octanol–water partition coefficient (Wildman–Crippen LogP) is 4.74. The Bertz CT molecular complexity index is 992. The molecule has 7 heteroatoms. The van der Waals surface area contributed by atoms with E-state index in [0.717, 1.165) is 46.7 Å². The molecular weight excluding hydrogens is 372 g/mol. The van der Waals surface area contributed by atoms with Crippen molar-refractivity contribution in [3.05, 3.63) is 64.9 Å². The summed E-state index contributed by atoms with van der Waals surface area (Å²) in [6, 6.07) is 1.80. The van der Waals surface area contributed by atoms with E-state index in [1.807, 2.05) is 25.5 Å². The molecule has 1 saturated carbocycles. The van der Waals surface area contributed by atoms with Crippen molar-refractivity contribution in [3.8, 4) is 0 Å². The molecule has 0 saturated heterocycles. The highest BCUT2D eigenvalue weighted by Gasteiger charge is 2.21. The number of fused-ring (bicyclic) bond motifs is 1. The van der Waals surface area contributed by atoms with Crippen molar-refractivity contribution >= 4 is 28.7 Å². The number of pyridine rings is 1. The molecule has 0 aromatic carbocycles. The zero-order valence-corrected chi connectivity index (χ0v) is 16.8. The van der Waals surface area contributed by atoms with E-state index in [0.29, 0.717) is 11.1 Å². The van der Waals surface area contributed by atoms with E-state index >= 15 is 0 Å². The Balaban J connectivity index is 1.90. The van der Waals surface area contributed by atoms with Crippen molar-refractivity contribution in [1.82, 2.24) is 14.8 Å². The van der Waals surface area contributed by atoms with Gasteiger partial charge in [-0.25, -0.2) is 4.98 Å². The molecule has 6 nitrogen and oxygen atoms in total. The molecule has 1 aliphatic carbocycles. The first-order chi connectivity index (χ1) is 13.6. The van der Waals surface area contributed by atoms with Gasteiger partial charge in [-0.05, 0) is 43.6 Å². The Morgan fingerprint density at radius 3 is 2.75 bits per heavy atom. The lowest BCUT2D eigenvalue weighted by atomic mass is 10.00. The molecule has 1 N–H and O–H groups in total. The summed E-state index contributed by atoms with van der Waals surface area (Å²) in [6.07, 6.45) is 16.4. The topological polar surface area (TPSA) is 67.5 Å². The summed E-state index contributed by atoms with van der Waals surface area (Å²) in [6.45, 7) is 2.08. The second-order valence-corrected chi connectivity index (χ2v) is 7.66. The van der Waals surface area contributed by atoms with Crippen molar-refractivity contribution in [1.29, 1.82) is 0 Å². The normalized spacial score (nSPS) is 24.6. The Kier molecular flexibility index (Phi) is 5.39. The summed E-state index contributed by atoms with van der Waals surface area (Å²) < 4.78 is 1.75. The zero-order valence-electron chi connectivity index (χ0n) is 16.1. The molecule has 2 aliphatic rings. The highest BCUT2D eigenvalue weighted by molar-refractivity contribution is 6.30. The lowest BCUT2D eigenvalue weighted by Gasteiger charge is -2.11. The van der Waals surface area contributed by atoms with Gasteiger partial charge >= 0.3 is 0 Å². The maximum absolute atomic E-state index is 6.14. The molecule has 1 aliphatic heterocycles. The molecule has 0 unspecified atom stereocenters. The first-order valence-electron chi connectivity index (χ1n) is 9.52. The third-order valence-corrected chi connectivity index (χ3v) is 5.31. The molecular formula is C21H23ClN6. The van der Waals surface area contributed by atoms with Crippen LogP contribution < -0.4 is 5.32 Å². The number of hydrogen-bond donors (Lipinski definition) is 1. The van der Waals surface area contributed by atoms with Crippen LogP contribution in [0.5, 0.6) is 0 Å². The minimum absolute atomic E-state index is 0.419. The van der Waals surface area contributed by atoms with E-state index in [1.165, 1.54) is 12.8 Å². The number of allylic oxidation sites excluding steroid dienone is 3. The van der Waals surface area contributed by atoms with Crippen LogP contribution in [0, 0.1) is 5.92 Å². The first kappa shape index (κ1) is 18.6. The third-order valence-electron chi connectivity index (χ3n) is 5.10. The average Bonchev–Trinajstić information content (AvgIpc) is 3.33. The molecule has 1 fully saturated rings. The molecule has 2 aromatic heterocycles. The van der Waals surface area contributed by atoms with Crippen LogP contribution in [0.15, 0.2) is 58.8 Å². The summed E-state index contributed by atoms with van der Waals surface area (Å²) in [5.41, 5.74) is 5.42. The van der Waals surface area contributed by atoms with E-state index in [9.17, 15) is 0 Å². The number of hydrogen-bond acceptors (Lipinski definition) is 5. The molecule has 0 bridgehead atoms. The van der Waals surface area contributed by atoms with E-state index in [-0.39, 0.29) is 0 Å². The van der Waals surface area contributed by atoms with Gasteiger partial charge in [-0.2, -0.15) is 10.2 Å². The Labute approximate surface area is 169 Å². The van der Waals surface area contributed by atoms with Crippen LogP contribution in [0.2, 0.25) is 5.15 Å². The average molecular weight is 395 g/mol. The minimum atomic E-state index is 0.419. The Morgan fingerprint density at radius 2 is 2.00 bits per heavy atom. The van der Waals surface area contributed by atoms with Gasteiger partial charge in [0.25, 0.3) is 0 Å². The molecule has 28 heavy (non-hydrogen) atoms. The lowest BCUT2D eigenvalue weighted by molar-refractivity contribution is 0.728.